The Morgan fingerprint density at radius 3 is 2.65 bits per heavy atom. The number of carbonyl (C=O) groups excluding carboxylic acids is 1. The van der Waals surface area contributed by atoms with Crippen LogP contribution in [-0.2, 0) is 19.0 Å². The minimum atomic E-state index is -1.36. The average Bonchev–Trinajstić information content (AvgIpc) is 3.31. The van der Waals surface area contributed by atoms with E-state index in [1.165, 1.54) is 32.4 Å². The molecule has 126 valence electrons. The number of hydrogen-bond acceptors (Lipinski definition) is 5. The second kappa shape index (κ2) is 7.11. The van der Waals surface area contributed by atoms with E-state index in [9.17, 15) is 9.90 Å². The lowest BCUT2D eigenvalue weighted by Crippen LogP contribution is -2.54. The summed E-state index contributed by atoms with van der Waals surface area (Å²) in [7, 11) is 2.92. The summed E-state index contributed by atoms with van der Waals surface area (Å²) in [6, 6.07) is 0. The molecule has 2 rings (SSSR count). The van der Waals surface area contributed by atoms with E-state index in [0.717, 1.165) is 0 Å². The van der Waals surface area contributed by atoms with E-state index in [1.807, 2.05) is 6.92 Å². The van der Waals surface area contributed by atoms with Gasteiger partial charge in [-0.1, -0.05) is 34.2 Å². The van der Waals surface area contributed by atoms with Crippen molar-refractivity contribution in [3.8, 4) is 0 Å². The fourth-order valence-corrected chi connectivity index (χ4v) is 3.07. The van der Waals surface area contributed by atoms with Gasteiger partial charge in [0.25, 0.3) is 0 Å². The molecular weight excluding hydrogens is 366 g/mol. The standard InChI is InChI=1S/C16H20BrNO5/c1-4-5-6-7-12(19)18-11-10-15(20,8-9-17)13-14(23-13)16(11,21-2)22-3/h4-10,13-14,20H,1-3H3,(H,18,19)/b5-4+,7-6+,9-8+/t13-,14+,15+/m0/s1. The molecule has 6 nitrogen and oxygen atoms in total. The lowest BCUT2D eigenvalue weighted by molar-refractivity contribution is -0.197. The Morgan fingerprint density at radius 1 is 1.39 bits per heavy atom. The first-order valence-corrected chi connectivity index (χ1v) is 7.98. The maximum absolute atomic E-state index is 12.1. The van der Waals surface area contributed by atoms with Gasteiger partial charge >= 0.3 is 0 Å². The van der Waals surface area contributed by atoms with Gasteiger partial charge in [-0.3, -0.25) is 4.79 Å². The highest BCUT2D eigenvalue weighted by Crippen LogP contribution is 2.49. The summed E-state index contributed by atoms with van der Waals surface area (Å²) in [6.45, 7) is 1.85. The Balaban J connectivity index is 2.34. The summed E-state index contributed by atoms with van der Waals surface area (Å²) in [6.07, 6.45) is 8.51. The number of halogens is 1. The van der Waals surface area contributed by atoms with Crippen molar-refractivity contribution < 1.29 is 24.1 Å². The van der Waals surface area contributed by atoms with Crippen LogP contribution in [0, 0.1) is 0 Å². The van der Waals surface area contributed by atoms with Gasteiger partial charge in [0, 0.05) is 20.3 Å². The van der Waals surface area contributed by atoms with E-state index in [1.54, 1.807) is 23.2 Å². The molecule has 1 fully saturated rings. The predicted octanol–water partition coefficient (Wildman–Crippen LogP) is 1.53. The topological polar surface area (TPSA) is 80.3 Å². The normalized spacial score (nSPS) is 32.3. The van der Waals surface area contributed by atoms with Crippen LogP contribution >= 0.6 is 15.9 Å². The summed E-state index contributed by atoms with van der Waals surface area (Å²) in [4.78, 5) is 13.6. The van der Waals surface area contributed by atoms with Gasteiger partial charge < -0.3 is 24.6 Å². The summed E-state index contributed by atoms with van der Waals surface area (Å²) < 4.78 is 16.5. The molecule has 0 radical (unpaired) electrons. The van der Waals surface area contributed by atoms with Gasteiger partial charge in [0.05, 0.1) is 5.70 Å². The summed E-state index contributed by atoms with van der Waals surface area (Å²) in [5, 5.41) is 13.4. The Bertz CT molecular complexity index is 579. The van der Waals surface area contributed by atoms with Gasteiger partial charge in [-0.15, -0.1) is 0 Å². The van der Waals surface area contributed by atoms with Crippen LogP contribution in [0.2, 0.25) is 0 Å². The summed E-state index contributed by atoms with van der Waals surface area (Å²) in [5.74, 6) is -1.63. The van der Waals surface area contributed by atoms with Gasteiger partial charge in [-0.2, -0.15) is 0 Å². The summed E-state index contributed by atoms with van der Waals surface area (Å²) in [5.41, 5.74) is -1.06. The number of nitrogens with one attached hydrogen (secondary N) is 1. The first-order valence-electron chi connectivity index (χ1n) is 7.07. The van der Waals surface area contributed by atoms with Crippen molar-refractivity contribution in [1.29, 1.82) is 0 Å². The van der Waals surface area contributed by atoms with Crippen molar-refractivity contribution in [3.05, 3.63) is 47.1 Å². The lowest BCUT2D eigenvalue weighted by Gasteiger charge is -2.37. The van der Waals surface area contributed by atoms with Crippen LogP contribution in [0.25, 0.3) is 0 Å². The molecule has 2 N–H and O–H groups in total. The third-order valence-corrected chi connectivity index (χ3v) is 4.08. The maximum atomic E-state index is 12.1. The van der Waals surface area contributed by atoms with Gasteiger partial charge in [0.15, 0.2) is 0 Å². The van der Waals surface area contributed by atoms with Crippen LogP contribution in [-0.4, -0.2) is 48.8 Å². The number of amides is 1. The minimum Gasteiger partial charge on any atom is -0.379 e. The van der Waals surface area contributed by atoms with E-state index < -0.39 is 23.6 Å². The fraction of sp³-hybridized carbons (Fsp3) is 0.438. The molecule has 23 heavy (non-hydrogen) atoms. The number of methoxy groups -OCH3 is 2. The smallest absolute Gasteiger partial charge is 0.248 e. The van der Waals surface area contributed by atoms with Gasteiger partial charge in [0.1, 0.15) is 17.8 Å². The Hall–Kier alpha value is -1.25. The lowest BCUT2D eigenvalue weighted by atomic mass is 9.85. The van der Waals surface area contributed by atoms with Crippen LogP contribution in [0.5, 0.6) is 0 Å². The quantitative estimate of drug-likeness (QED) is 0.313. The van der Waals surface area contributed by atoms with Crippen LogP contribution in [0.1, 0.15) is 6.92 Å². The third kappa shape index (κ3) is 3.34. The van der Waals surface area contributed by atoms with Gasteiger partial charge in [-0.05, 0) is 24.1 Å². The molecule has 1 aliphatic carbocycles. The van der Waals surface area contributed by atoms with Crippen LogP contribution in [0.3, 0.4) is 0 Å². The molecule has 0 aromatic heterocycles. The number of rotatable bonds is 6. The van der Waals surface area contributed by atoms with Crippen molar-refractivity contribution >= 4 is 21.8 Å². The predicted molar refractivity (Wildman–Crippen MR) is 88.6 cm³/mol. The molecule has 0 bridgehead atoms. The van der Waals surface area contributed by atoms with Crippen LogP contribution < -0.4 is 5.32 Å². The first kappa shape index (κ1) is 18.1. The van der Waals surface area contributed by atoms with Gasteiger partial charge in [0.2, 0.25) is 11.7 Å². The molecule has 0 unspecified atom stereocenters. The SMILES string of the molecule is C/C=C/C=C/C(=O)NC1=C[C@](O)(/C=C/Br)[C@H]2O[C@H]2C1(OC)OC. The molecule has 2 aliphatic rings. The molecule has 1 amide bonds. The minimum absolute atomic E-state index is 0.296. The molecule has 0 spiro atoms. The van der Waals surface area contributed by atoms with Crippen molar-refractivity contribution in [2.75, 3.05) is 14.2 Å². The van der Waals surface area contributed by atoms with Crippen LogP contribution in [0.15, 0.2) is 47.1 Å². The van der Waals surface area contributed by atoms with Gasteiger partial charge in [-0.25, -0.2) is 0 Å². The van der Waals surface area contributed by atoms with Crippen LogP contribution in [0.4, 0.5) is 0 Å². The Morgan fingerprint density at radius 2 is 2.09 bits per heavy atom. The van der Waals surface area contributed by atoms with E-state index in [4.69, 9.17) is 14.2 Å². The monoisotopic (exact) mass is 385 g/mol. The number of hydrogen-bond donors (Lipinski definition) is 2. The third-order valence-electron chi connectivity index (χ3n) is 3.82. The van der Waals surface area contributed by atoms with E-state index in [0.29, 0.717) is 5.70 Å². The number of carbonyl (C=O) groups is 1. The molecule has 3 atom stereocenters. The average molecular weight is 386 g/mol. The number of fused-ring (bicyclic) bond motifs is 1. The highest BCUT2D eigenvalue weighted by Gasteiger charge is 2.68. The summed E-state index contributed by atoms with van der Waals surface area (Å²) >= 11 is 3.15. The zero-order chi connectivity index (χ0) is 17.1. The zero-order valence-electron chi connectivity index (χ0n) is 13.2. The molecule has 1 saturated heterocycles. The number of epoxide rings is 1. The second-order valence-corrected chi connectivity index (χ2v) is 5.69. The van der Waals surface area contributed by atoms with E-state index in [-0.39, 0.29) is 5.91 Å². The Labute approximate surface area is 143 Å². The maximum Gasteiger partial charge on any atom is 0.248 e. The zero-order valence-corrected chi connectivity index (χ0v) is 14.7. The fourth-order valence-electron chi connectivity index (χ4n) is 2.65. The van der Waals surface area contributed by atoms with Crippen molar-refractivity contribution in [3.63, 3.8) is 0 Å². The molecule has 0 aromatic carbocycles. The van der Waals surface area contributed by atoms with Crippen molar-refractivity contribution in [1.82, 2.24) is 5.32 Å². The molecule has 0 saturated carbocycles. The molecule has 7 heteroatoms. The Kier molecular flexibility index (Phi) is 5.59. The highest BCUT2D eigenvalue weighted by atomic mass is 79.9. The molecule has 1 heterocycles. The first-order chi connectivity index (χ1) is 11.0. The second-order valence-electron chi connectivity index (χ2n) is 5.17. The largest absolute Gasteiger partial charge is 0.379 e. The highest BCUT2D eigenvalue weighted by molar-refractivity contribution is 9.11. The van der Waals surface area contributed by atoms with Crippen molar-refractivity contribution in [2.45, 2.75) is 30.5 Å². The molecule has 0 aromatic rings. The van der Waals surface area contributed by atoms with Crippen molar-refractivity contribution in [2.24, 2.45) is 0 Å². The van der Waals surface area contributed by atoms with E-state index in [2.05, 4.69) is 21.2 Å². The van der Waals surface area contributed by atoms with E-state index >= 15 is 0 Å². The number of aliphatic hydroxyl groups is 1. The molecular formula is C16H20BrNO5. The molecule has 1 aliphatic heterocycles. The number of allylic oxidation sites excluding steroid dienone is 3. The number of ether oxygens (including phenoxy) is 3.